The fourth-order valence-electron chi connectivity index (χ4n) is 3.06. The third kappa shape index (κ3) is 2.31. The van der Waals surface area contributed by atoms with E-state index in [-0.39, 0.29) is 11.9 Å². The maximum atomic E-state index is 12.8. The number of likely N-dealkylation sites (tertiary alicyclic amines) is 1. The second-order valence-electron chi connectivity index (χ2n) is 5.37. The highest BCUT2D eigenvalue weighted by Gasteiger charge is 2.28. The van der Waals surface area contributed by atoms with Gasteiger partial charge in [-0.05, 0) is 38.3 Å². The van der Waals surface area contributed by atoms with E-state index in [4.69, 9.17) is 10.2 Å². The Labute approximate surface area is 118 Å². The Bertz CT molecular complexity index is 603. The van der Waals surface area contributed by atoms with E-state index in [9.17, 15) is 4.79 Å². The molecule has 20 heavy (non-hydrogen) atoms. The van der Waals surface area contributed by atoms with Crippen molar-refractivity contribution in [1.82, 2.24) is 4.90 Å². The number of nitrogens with zero attached hydrogens (tertiary/aromatic N) is 1. The van der Waals surface area contributed by atoms with Crippen LogP contribution in [0.25, 0.3) is 11.0 Å². The van der Waals surface area contributed by atoms with Gasteiger partial charge in [0, 0.05) is 18.0 Å². The number of hydrogen-bond donors (Lipinski definition) is 1. The highest BCUT2D eigenvalue weighted by atomic mass is 16.3. The molecule has 4 heteroatoms. The van der Waals surface area contributed by atoms with E-state index in [0.29, 0.717) is 12.1 Å². The molecule has 3 rings (SSSR count). The first kappa shape index (κ1) is 13.2. The van der Waals surface area contributed by atoms with Gasteiger partial charge < -0.3 is 15.1 Å². The van der Waals surface area contributed by atoms with Crippen LogP contribution in [-0.2, 0) is 0 Å². The van der Waals surface area contributed by atoms with Crippen LogP contribution in [0.5, 0.6) is 0 Å². The van der Waals surface area contributed by atoms with E-state index in [1.54, 1.807) is 6.26 Å². The summed E-state index contributed by atoms with van der Waals surface area (Å²) in [6.45, 7) is 1.45. The summed E-state index contributed by atoms with van der Waals surface area (Å²) in [5.74, 6) is 0.0769. The summed E-state index contributed by atoms with van der Waals surface area (Å²) in [5, 5.41) is 0.898. The van der Waals surface area contributed by atoms with Crippen molar-refractivity contribution < 1.29 is 9.21 Å². The third-order valence-corrected chi connectivity index (χ3v) is 4.10. The van der Waals surface area contributed by atoms with Gasteiger partial charge in [-0.1, -0.05) is 18.2 Å². The fourth-order valence-corrected chi connectivity index (χ4v) is 3.06. The standard InChI is InChI=1S/C16H20N2O2/c17-9-8-12-5-3-4-10-18(12)16(19)14-11-20-15-7-2-1-6-13(14)15/h1-2,6-7,11-12H,3-5,8-10,17H2. The van der Waals surface area contributed by atoms with E-state index >= 15 is 0 Å². The molecule has 2 N–H and O–H groups in total. The average molecular weight is 272 g/mol. The molecule has 4 nitrogen and oxygen atoms in total. The van der Waals surface area contributed by atoms with Crippen molar-refractivity contribution in [2.75, 3.05) is 13.1 Å². The van der Waals surface area contributed by atoms with E-state index in [1.165, 1.54) is 6.42 Å². The molecular formula is C16H20N2O2. The van der Waals surface area contributed by atoms with Gasteiger partial charge in [-0.25, -0.2) is 0 Å². The number of furan rings is 1. The number of nitrogens with two attached hydrogens (primary N) is 1. The van der Waals surface area contributed by atoms with Crippen LogP contribution in [0.15, 0.2) is 34.9 Å². The smallest absolute Gasteiger partial charge is 0.257 e. The Morgan fingerprint density at radius 3 is 3.05 bits per heavy atom. The maximum absolute atomic E-state index is 12.8. The van der Waals surface area contributed by atoms with Gasteiger partial charge in [0.1, 0.15) is 11.8 Å². The number of fused-ring (bicyclic) bond motifs is 1. The number of amides is 1. The molecule has 1 aromatic carbocycles. The second-order valence-corrected chi connectivity index (χ2v) is 5.37. The third-order valence-electron chi connectivity index (χ3n) is 4.10. The highest BCUT2D eigenvalue weighted by molar-refractivity contribution is 6.06. The molecule has 0 aliphatic carbocycles. The molecule has 1 aliphatic rings. The number of benzene rings is 1. The summed E-state index contributed by atoms with van der Waals surface area (Å²) < 4.78 is 5.48. The Morgan fingerprint density at radius 1 is 1.35 bits per heavy atom. The zero-order valence-corrected chi connectivity index (χ0v) is 11.5. The van der Waals surface area contributed by atoms with Gasteiger partial charge in [-0.3, -0.25) is 4.79 Å². The Hall–Kier alpha value is -1.81. The van der Waals surface area contributed by atoms with E-state index in [0.717, 1.165) is 36.8 Å². The summed E-state index contributed by atoms with van der Waals surface area (Å²) >= 11 is 0. The van der Waals surface area contributed by atoms with Crippen LogP contribution in [0.4, 0.5) is 0 Å². The number of carbonyl (C=O) groups is 1. The molecule has 106 valence electrons. The quantitative estimate of drug-likeness (QED) is 0.934. The fraction of sp³-hybridized carbons (Fsp3) is 0.438. The first-order valence-electron chi connectivity index (χ1n) is 7.28. The first-order valence-corrected chi connectivity index (χ1v) is 7.28. The van der Waals surface area contributed by atoms with Crippen molar-refractivity contribution in [3.63, 3.8) is 0 Å². The summed E-state index contributed by atoms with van der Waals surface area (Å²) in [5.41, 5.74) is 7.11. The summed E-state index contributed by atoms with van der Waals surface area (Å²) in [6, 6.07) is 7.95. The summed E-state index contributed by atoms with van der Waals surface area (Å²) in [6.07, 6.45) is 5.77. The van der Waals surface area contributed by atoms with Crippen LogP contribution in [0, 0.1) is 0 Å². The van der Waals surface area contributed by atoms with E-state index in [2.05, 4.69) is 0 Å². The van der Waals surface area contributed by atoms with Crippen molar-refractivity contribution in [3.05, 3.63) is 36.1 Å². The predicted molar refractivity (Wildman–Crippen MR) is 78.6 cm³/mol. The molecule has 1 fully saturated rings. The molecule has 0 bridgehead atoms. The first-order chi connectivity index (χ1) is 9.81. The average Bonchev–Trinajstić information content (AvgIpc) is 2.91. The molecule has 0 radical (unpaired) electrons. The van der Waals surface area contributed by atoms with Crippen LogP contribution in [0.1, 0.15) is 36.0 Å². The van der Waals surface area contributed by atoms with Gasteiger partial charge >= 0.3 is 0 Å². The van der Waals surface area contributed by atoms with E-state index in [1.807, 2.05) is 29.2 Å². The number of piperidine rings is 1. The molecule has 1 saturated heterocycles. The Kier molecular flexibility index (Phi) is 3.74. The molecule has 1 amide bonds. The van der Waals surface area contributed by atoms with Crippen molar-refractivity contribution in [2.45, 2.75) is 31.7 Å². The molecule has 1 aliphatic heterocycles. The number of carbonyl (C=O) groups excluding carboxylic acids is 1. The molecule has 1 atom stereocenters. The molecule has 2 heterocycles. The molecule has 1 unspecified atom stereocenters. The molecule has 0 spiro atoms. The monoisotopic (exact) mass is 272 g/mol. The minimum atomic E-state index is 0.0769. The van der Waals surface area contributed by atoms with Crippen molar-refractivity contribution >= 4 is 16.9 Å². The zero-order chi connectivity index (χ0) is 13.9. The van der Waals surface area contributed by atoms with Gasteiger partial charge in [-0.15, -0.1) is 0 Å². The Balaban J connectivity index is 1.90. The van der Waals surface area contributed by atoms with E-state index < -0.39 is 0 Å². The van der Waals surface area contributed by atoms with Crippen LogP contribution in [-0.4, -0.2) is 29.9 Å². The van der Waals surface area contributed by atoms with Crippen LogP contribution in [0.3, 0.4) is 0 Å². The Morgan fingerprint density at radius 2 is 2.20 bits per heavy atom. The highest BCUT2D eigenvalue weighted by Crippen LogP contribution is 2.26. The van der Waals surface area contributed by atoms with Gasteiger partial charge in [0.05, 0.1) is 5.56 Å². The number of hydrogen-bond acceptors (Lipinski definition) is 3. The summed E-state index contributed by atoms with van der Waals surface area (Å²) in [7, 11) is 0. The van der Waals surface area contributed by atoms with Crippen molar-refractivity contribution in [1.29, 1.82) is 0 Å². The largest absolute Gasteiger partial charge is 0.463 e. The lowest BCUT2D eigenvalue weighted by atomic mass is 9.98. The van der Waals surface area contributed by atoms with Gasteiger partial charge in [0.2, 0.25) is 0 Å². The molecule has 1 aromatic heterocycles. The molecule has 0 saturated carbocycles. The second kappa shape index (κ2) is 5.67. The lowest BCUT2D eigenvalue weighted by molar-refractivity contribution is 0.0606. The molecule has 2 aromatic rings. The van der Waals surface area contributed by atoms with Crippen LogP contribution >= 0.6 is 0 Å². The zero-order valence-electron chi connectivity index (χ0n) is 11.5. The lowest BCUT2D eigenvalue weighted by Gasteiger charge is -2.35. The van der Waals surface area contributed by atoms with Gasteiger partial charge in [-0.2, -0.15) is 0 Å². The minimum Gasteiger partial charge on any atom is -0.463 e. The van der Waals surface area contributed by atoms with Gasteiger partial charge in [0.25, 0.3) is 5.91 Å². The van der Waals surface area contributed by atoms with Crippen molar-refractivity contribution in [3.8, 4) is 0 Å². The predicted octanol–water partition coefficient (Wildman–Crippen LogP) is 2.78. The normalized spacial score (nSPS) is 19.4. The number of rotatable bonds is 3. The minimum absolute atomic E-state index is 0.0769. The van der Waals surface area contributed by atoms with Crippen LogP contribution < -0.4 is 5.73 Å². The molecular weight excluding hydrogens is 252 g/mol. The SMILES string of the molecule is NCCC1CCCCN1C(=O)c1coc2ccccc12. The summed E-state index contributed by atoms with van der Waals surface area (Å²) in [4.78, 5) is 14.8. The van der Waals surface area contributed by atoms with Crippen molar-refractivity contribution in [2.24, 2.45) is 5.73 Å². The number of para-hydroxylation sites is 1. The van der Waals surface area contributed by atoms with Crippen LogP contribution in [0.2, 0.25) is 0 Å². The lowest BCUT2D eigenvalue weighted by Crippen LogP contribution is -2.44. The maximum Gasteiger partial charge on any atom is 0.257 e. The topological polar surface area (TPSA) is 59.5 Å². The van der Waals surface area contributed by atoms with Gasteiger partial charge in [0.15, 0.2) is 0 Å².